The molecule has 0 radical (unpaired) electrons. The number of carbonyl (C=O) groups is 1. The normalized spacial score (nSPS) is 59.6. The number of fused-ring (bicyclic) bond motifs is 20. The first-order chi connectivity index (χ1) is 69.5. The van der Waals surface area contributed by atoms with Gasteiger partial charge in [0.1, 0.15) is 108 Å². The molecule has 24 rings (SSSR count). The molecule has 22 saturated heterocycles. The second-order valence-electron chi connectivity index (χ2n) is 51.5. The van der Waals surface area contributed by atoms with Crippen LogP contribution >= 0.6 is 0 Å². The predicted octanol–water partition coefficient (Wildman–Crippen LogP) is 2.02. The highest BCUT2D eigenvalue weighted by Gasteiger charge is 2.74. The fraction of sp³-hybridized carbons (Fsp3) is 0.935. The first-order valence-corrected chi connectivity index (χ1v) is 55.5. The number of hydrogen-bond donors (Lipinski definition) is 14. The molecular weight excluding hydrogens is 1920 g/mol. The molecule has 24 aliphatic heterocycles. The highest BCUT2D eigenvalue weighted by atomic mass is 16.7. The number of aldehydes is 1. The van der Waals surface area contributed by atoms with Gasteiger partial charge in [-0.25, -0.2) is 0 Å². The smallest absolute Gasteiger partial charge is 0.145 e. The van der Waals surface area contributed by atoms with Crippen molar-refractivity contribution in [2.24, 2.45) is 5.92 Å². The van der Waals surface area contributed by atoms with Crippen LogP contribution in [0.3, 0.4) is 0 Å². The summed E-state index contributed by atoms with van der Waals surface area (Å²) in [6.07, 6.45) is -26.7. The van der Waals surface area contributed by atoms with Crippen LogP contribution in [0.4, 0.5) is 0 Å². The summed E-state index contributed by atoms with van der Waals surface area (Å²) in [4.78, 5) is 11.4. The van der Waals surface area contributed by atoms with Crippen LogP contribution in [-0.2, 0) is 118 Å². The van der Waals surface area contributed by atoms with Crippen LogP contribution in [0, 0.1) is 5.92 Å². The Kier molecular flexibility index (Phi) is 27.4. The largest absolute Gasteiger partial charge is 0.393 e. The van der Waals surface area contributed by atoms with Crippen LogP contribution in [-0.4, -0.2) is 451 Å². The van der Waals surface area contributed by atoms with Gasteiger partial charge in [-0.2, -0.15) is 0 Å². The zero-order chi connectivity index (χ0) is 103. The maximum atomic E-state index is 12.9. The first-order valence-electron chi connectivity index (χ1n) is 55.5. The molecule has 0 bridgehead atoms. The minimum Gasteiger partial charge on any atom is -0.393 e. The van der Waals surface area contributed by atoms with E-state index in [4.69, 9.17) is 114 Å². The number of ether oxygens (including phenoxy) is 24. The SMILES string of the molecule is C/C(C=O)=C\CC1C=CC2(C)OC3(C)CC4OC5(C)C(CC4(C)OC3CCC2O1)OC1CC2OC3CC4OC6(C)CC(O)C7(C)OC8(C)C(O)CC9OC%10(C)CC%11OC%12CC%13OC(C(O)C(O)C(O)C%14OC(C(O)C%15OC%16CC%17OC%18CC%19OC(C%20C=CC(C(C)C(C)O)O%20)CC(O)C%19OC%18CC%17OC%16CC%15O)CC(O)C%14O)C(O)CC%13OC%12(C)C(O)CC%11OC%10CCC9OC8CC7OC6CC4(C)OC3(C)CC2OC1C5O. The molecule has 63 atom stereocenters. The molecule has 63 unspecified atom stereocenters. The Hall–Kier alpha value is -2.63. The van der Waals surface area contributed by atoms with Crippen molar-refractivity contribution in [1.82, 2.24) is 0 Å². The molecule has 0 saturated carbocycles. The lowest BCUT2D eigenvalue weighted by Crippen LogP contribution is -2.77. The monoisotopic (exact) mass is 2080 g/mol. The molecule has 24 aliphatic rings. The van der Waals surface area contributed by atoms with Gasteiger partial charge in [0.2, 0.25) is 0 Å². The number of aliphatic hydroxyl groups is 14. The highest BCUT2D eigenvalue weighted by molar-refractivity contribution is 5.72. The second-order valence-corrected chi connectivity index (χ2v) is 51.5. The Morgan fingerprint density at radius 3 is 1.61 bits per heavy atom. The molecule has 147 heavy (non-hydrogen) atoms. The number of carbonyl (C=O) groups excluding carboxylic acids is 1. The van der Waals surface area contributed by atoms with Crippen molar-refractivity contribution in [3.63, 3.8) is 0 Å². The number of allylic oxidation sites excluding steroid dienone is 1. The maximum absolute atomic E-state index is 12.9. The average Bonchev–Trinajstić information content (AvgIpc) is 1.31. The van der Waals surface area contributed by atoms with Gasteiger partial charge in [0, 0.05) is 128 Å². The molecule has 22 fully saturated rings. The summed E-state index contributed by atoms with van der Waals surface area (Å²) in [7, 11) is 0. The van der Waals surface area contributed by atoms with Crippen molar-refractivity contribution in [3.8, 4) is 0 Å². The van der Waals surface area contributed by atoms with E-state index >= 15 is 0 Å². The molecule has 0 amide bonds. The molecular formula is C108H162O39. The van der Waals surface area contributed by atoms with Crippen molar-refractivity contribution in [2.45, 2.75) is 624 Å². The molecule has 39 heteroatoms. The molecule has 0 aromatic rings. The van der Waals surface area contributed by atoms with Gasteiger partial charge in [-0.05, 0) is 128 Å². The number of aliphatic hydroxyl groups excluding tert-OH is 14. The molecule has 828 valence electrons. The summed E-state index contributed by atoms with van der Waals surface area (Å²) in [6, 6.07) is 0. The van der Waals surface area contributed by atoms with E-state index in [1.807, 2.05) is 65.8 Å². The van der Waals surface area contributed by atoms with E-state index in [9.17, 15) is 76.3 Å². The van der Waals surface area contributed by atoms with Gasteiger partial charge in [-0.15, -0.1) is 0 Å². The zero-order valence-electron chi connectivity index (χ0n) is 86.9. The van der Waals surface area contributed by atoms with Gasteiger partial charge in [-0.1, -0.05) is 37.3 Å². The Morgan fingerprint density at radius 1 is 0.340 bits per heavy atom. The summed E-state index contributed by atoms with van der Waals surface area (Å²) in [5, 5.41) is 168. The van der Waals surface area contributed by atoms with Crippen molar-refractivity contribution < 1.29 is 190 Å². The molecule has 0 spiro atoms. The second kappa shape index (κ2) is 38.0. The van der Waals surface area contributed by atoms with Gasteiger partial charge < -0.3 is 185 Å². The predicted molar refractivity (Wildman–Crippen MR) is 506 cm³/mol. The molecule has 14 N–H and O–H groups in total. The fourth-order valence-electron chi connectivity index (χ4n) is 31.8. The van der Waals surface area contributed by atoms with Crippen LogP contribution in [0.2, 0.25) is 0 Å². The van der Waals surface area contributed by atoms with E-state index in [0.717, 1.165) is 6.29 Å². The summed E-state index contributed by atoms with van der Waals surface area (Å²) in [6.45, 7) is 27.2. The summed E-state index contributed by atoms with van der Waals surface area (Å²) in [5.41, 5.74) is -10.9. The quantitative estimate of drug-likeness (QED) is 0.0755. The Balaban J connectivity index is 0.391. The van der Waals surface area contributed by atoms with E-state index in [0.29, 0.717) is 95.5 Å². The molecule has 0 aliphatic carbocycles. The van der Waals surface area contributed by atoms with Crippen molar-refractivity contribution >= 4 is 6.29 Å². The standard InChI is InChI=1S/C108H162O39/c1-45(44-109)15-16-48-23-24-98(4)76(124-48)21-22-78-103(9,145-98)42-85-101(7,142-78)43-86-108(14,144-85)97(123)95-70(132-86)32-63-72(138-95)39-102(8)79(131-63)36-80-104(10,146-102)41-84-100(6,143-80)40-75(117)107(13)83(139-84)37-82-106(12,147-107)74(116)34-67-55(129-82)19-20-77-99(5,140-67)38-71-64(130-77)33-73(115)105(11)81(133-71)35-65-66(141-105)28-52(114)94(136-65)90(121)89(120)91(122)96-87(118)49(111)25-68(137-96)88(119)93-51(113)27-57-61(135-93)29-59-58(126-57)30-62-60(127-59)31-69-92(134-62)50(112)26-56(128-69)54-18-17-53(125-54)46(2)47(3)110/h15,17-18,23-24,44,46-97,110-123H,16,19-22,25-43H2,1-14H3/b45-15+. The van der Waals surface area contributed by atoms with E-state index in [2.05, 4.69) is 40.7 Å². The summed E-state index contributed by atoms with van der Waals surface area (Å²) in [5.74, 6) is -0.145. The molecule has 39 nitrogen and oxygen atoms in total. The van der Waals surface area contributed by atoms with Crippen LogP contribution in [0.1, 0.15) is 251 Å². The van der Waals surface area contributed by atoms with E-state index in [1.165, 1.54) is 0 Å². The Labute approximate surface area is 858 Å². The molecule has 0 aromatic carbocycles. The van der Waals surface area contributed by atoms with Crippen LogP contribution in [0.15, 0.2) is 36.0 Å². The number of rotatable bonds is 12. The van der Waals surface area contributed by atoms with Crippen LogP contribution in [0.5, 0.6) is 0 Å². The van der Waals surface area contributed by atoms with Gasteiger partial charge in [0.05, 0.1) is 272 Å². The summed E-state index contributed by atoms with van der Waals surface area (Å²) < 4.78 is 167. The van der Waals surface area contributed by atoms with E-state index in [1.54, 1.807) is 20.8 Å². The molecule has 24 heterocycles. The zero-order valence-corrected chi connectivity index (χ0v) is 86.9. The third-order valence-corrected chi connectivity index (χ3v) is 41.1. The highest BCUT2D eigenvalue weighted by Crippen LogP contribution is 2.63. The first kappa shape index (κ1) is 106. The fourth-order valence-corrected chi connectivity index (χ4v) is 31.8. The lowest BCUT2D eigenvalue weighted by Gasteiger charge is -2.65. The van der Waals surface area contributed by atoms with E-state index in [-0.39, 0.29) is 88.1 Å². The topological polar surface area (TPSA) is 522 Å². The molecule has 0 aromatic heterocycles. The van der Waals surface area contributed by atoms with Gasteiger partial charge >= 0.3 is 0 Å². The lowest BCUT2D eigenvalue weighted by molar-refractivity contribution is -0.404. The number of hydrogen-bond acceptors (Lipinski definition) is 39. The minimum atomic E-state index is -2.21. The lowest BCUT2D eigenvalue weighted by atomic mass is 9.68. The van der Waals surface area contributed by atoms with Crippen molar-refractivity contribution in [3.05, 3.63) is 36.0 Å². The van der Waals surface area contributed by atoms with Crippen LogP contribution in [0.25, 0.3) is 0 Å². The van der Waals surface area contributed by atoms with E-state index < -0.39 is 355 Å². The van der Waals surface area contributed by atoms with Crippen LogP contribution < -0.4 is 0 Å². The Bertz CT molecular complexity index is 4870. The summed E-state index contributed by atoms with van der Waals surface area (Å²) >= 11 is 0. The Morgan fingerprint density at radius 2 is 0.857 bits per heavy atom. The minimum absolute atomic E-state index is 0.0281. The van der Waals surface area contributed by atoms with Crippen molar-refractivity contribution in [2.75, 3.05) is 0 Å². The van der Waals surface area contributed by atoms with Gasteiger partial charge in [0.25, 0.3) is 0 Å². The third-order valence-electron chi connectivity index (χ3n) is 41.1. The average molecular weight is 2080 g/mol. The van der Waals surface area contributed by atoms with Gasteiger partial charge in [-0.3, -0.25) is 4.79 Å². The van der Waals surface area contributed by atoms with Crippen molar-refractivity contribution in [1.29, 1.82) is 0 Å². The maximum Gasteiger partial charge on any atom is 0.145 e. The third kappa shape index (κ3) is 17.9. The van der Waals surface area contributed by atoms with Gasteiger partial charge in [0.15, 0.2) is 0 Å².